The van der Waals surface area contributed by atoms with E-state index >= 15 is 0 Å². The maximum atomic E-state index is 12.9. The molecule has 1 fully saturated rings. The number of hydrogen-bond donors (Lipinski definition) is 0. The van der Waals surface area contributed by atoms with Gasteiger partial charge in [0.15, 0.2) is 0 Å². The van der Waals surface area contributed by atoms with Crippen LogP contribution in [0, 0.1) is 0 Å². The van der Waals surface area contributed by atoms with Crippen molar-refractivity contribution in [3.63, 3.8) is 0 Å². The van der Waals surface area contributed by atoms with Crippen molar-refractivity contribution in [2.45, 2.75) is 19.0 Å². The summed E-state index contributed by atoms with van der Waals surface area (Å²) in [6.45, 7) is 4.19. The Morgan fingerprint density at radius 1 is 0.931 bits per heavy atom. The van der Waals surface area contributed by atoms with Crippen molar-refractivity contribution in [2.75, 3.05) is 49.1 Å². The molecular formula is C22H24F3N3O. The third-order valence-corrected chi connectivity index (χ3v) is 5.74. The number of piperazine rings is 1. The molecule has 4 rings (SSSR count). The summed E-state index contributed by atoms with van der Waals surface area (Å²) in [5, 5.41) is 0. The molecule has 0 N–H and O–H groups in total. The van der Waals surface area contributed by atoms with Crippen molar-refractivity contribution in [1.82, 2.24) is 4.90 Å². The minimum atomic E-state index is -4.33. The van der Waals surface area contributed by atoms with E-state index in [0.717, 1.165) is 37.8 Å². The van der Waals surface area contributed by atoms with Gasteiger partial charge >= 0.3 is 6.18 Å². The lowest BCUT2D eigenvalue weighted by molar-refractivity contribution is -0.137. The molecule has 1 saturated heterocycles. The number of para-hydroxylation sites is 1. The summed E-state index contributed by atoms with van der Waals surface area (Å²) in [5.74, 6) is 0.134. The summed E-state index contributed by atoms with van der Waals surface area (Å²) in [6.07, 6.45) is -2.97. The Morgan fingerprint density at radius 2 is 1.69 bits per heavy atom. The molecule has 0 atom stereocenters. The molecule has 1 amide bonds. The highest BCUT2D eigenvalue weighted by Gasteiger charge is 2.31. The number of rotatable bonds is 4. The van der Waals surface area contributed by atoms with Crippen molar-refractivity contribution in [3.05, 3.63) is 59.7 Å². The van der Waals surface area contributed by atoms with Crippen LogP contribution in [-0.2, 0) is 17.4 Å². The standard InChI is InChI=1S/C22H24F3N3O/c23-22(24,25)18-5-3-6-19(16-18)27-14-12-26(13-15-27)10-9-21(29)28-11-8-17-4-1-2-7-20(17)28/h1-7,16H,8-15H2. The highest BCUT2D eigenvalue weighted by Crippen LogP contribution is 2.32. The predicted octanol–water partition coefficient (Wildman–Crippen LogP) is 3.81. The maximum absolute atomic E-state index is 12.9. The summed E-state index contributed by atoms with van der Waals surface area (Å²) in [6, 6.07) is 13.5. The third-order valence-electron chi connectivity index (χ3n) is 5.74. The average molecular weight is 403 g/mol. The van der Waals surface area contributed by atoms with Crippen LogP contribution in [0.4, 0.5) is 24.5 Å². The topological polar surface area (TPSA) is 26.8 Å². The third kappa shape index (κ3) is 4.40. The van der Waals surface area contributed by atoms with Crippen LogP contribution < -0.4 is 9.80 Å². The quantitative estimate of drug-likeness (QED) is 0.777. The molecule has 2 aliphatic heterocycles. The molecule has 2 aromatic rings. The van der Waals surface area contributed by atoms with Crippen LogP contribution >= 0.6 is 0 Å². The number of nitrogens with zero attached hydrogens (tertiary/aromatic N) is 3. The van der Waals surface area contributed by atoms with Gasteiger partial charge in [0.1, 0.15) is 0 Å². The molecule has 0 spiro atoms. The summed E-state index contributed by atoms with van der Waals surface area (Å²) in [5.41, 5.74) is 2.22. The fourth-order valence-corrected chi connectivity index (χ4v) is 4.09. The average Bonchev–Trinajstić information content (AvgIpc) is 3.16. The second kappa shape index (κ2) is 8.06. The Bertz CT molecular complexity index is 876. The molecule has 0 aliphatic carbocycles. The van der Waals surface area contributed by atoms with Gasteiger partial charge in [-0.2, -0.15) is 13.2 Å². The molecule has 0 unspecified atom stereocenters. The van der Waals surface area contributed by atoms with E-state index in [4.69, 9.17) is 0 Å². The maximum Gasteiger partial charge on any atom is 0.416 e. The van der Waals surface area contributed by atoms with Crippen LogP contribution in [0.25, 0.3) is 0 Å². The van der Waals surface area contributed by atoms with E-state index in [-0.39, 0.29) is 5.91 Å². The van der Waals surface area contributed by atoms with Crippen molar-refractivity contribution in [2.24, 2.45) is 0 Å². The summed E-state index contributed by atoms with van der Waals surface area (Å²) in [4.78, 5) is 18.7. The summed E-state index contributed by atoms with van der Waals surface area (Å²) < 4.78 is 38.8. The van der Waals surface area contributed by atoms with Crippen molar-refractivity contribution in [3.8, 4) is 0 Å². The molecule has 154 valence electrons. The van der Waals surface area contributed by atoms with Gasteiger partial charge in [0.25, 0.3) is 0 Å². The van der Waals surface area contributed by atoms with Gasteiger partial charge < -0.3 is 9.80 Å². The van der Waals surface area contributed by atoms with E-state index in [2.05, 4.69) is 11.0 Å². The van der Waals surface area contributed by atoms with Crippen molar-refractivity contribution < 1.29 is 18.0 Å². The van der Waals surface area contributed by atoms with Gasteiger partial charge in [-0.15, -0.1) is 0 Å². The molecular weight excluding hydrogens is 379 g/mol. The molecule has 0 aromatic heterocycles. The fraction of sp³-hybridized carbons (Fsp3) is 0.409. The first-order valence-corrected chi connectivity index (χ1v) is 9.95. The first-order valence-electron chi connectivity index (χ1n) is 9.95. The zero-order chi connectivity index (χ0) is 20.4. The van der Waals surface area contributed by atoms with Crippen LogP contribution in [0.3, 0.4) is 0 Å². The van der Waals surface area contributed by atoms with E-state index in [0.29, 0.717) is 31.7 Å². The summed E-state index contributed by atoms with van der Waals surface area (Å²) in [7, 11) is 0. The minimum Gasteiger partial charge on any atom is -0.369 e. The number of carbonyl (C=O) groups is 1. The molecule has 29 heavy (non-hydrogen) atoms. The number of carbonyl (C=O) groups excluding carboxylic acids is 1. The Hall–Kier alpha value is -2.54. The van der Waals surface area contributed by atoms with Gasteiger partial charge in [-0.05, 0) is 36.2 Å². The van der Waals surface area contributed by atoms with Gasteiger partial charge in [0, 0.05) is 57.1 Å². The number of amides is 1. The van der Waals surface area contributed by atoms with E-state index in [9.17, 15) is 18.0 Å². The molecule has 2 heterocycles. The first kappa shape index (κ1) is 19.8. The molecule has 4 nitrogen and oxygen atoms in total. The van der Waals surface area contributed by atoms with Crippen molar-refractivity contribution >= 4 is 17.3 Å². The monoisotopic (exact) mass is 403 g/mol. The molecule has 0 radical (unpaired) electrons. The van der Waals surface area contributed by atoms with E-state index < -0.39 is 11.7 Å². The van der Waals surface area contributed by atoms with Gasteiger partial charge in [0.05, 0.1) is 5.56 Å². The SMILES string of the molecule is O=C(CCN1CCN(c2cccc(C(F)(F)F)c2)CC1)N1CCc2ccccc21. The molecule has 0 bridgehead atoms. The van der Waals surface area contributed by atoms with E-state index in [1.54, 1.807) is 6.07 Å². The zero-order valence-electron chi connectivity index (χ0n) is 16.2. The molecule has 7 heteroatoms. The van der Waals surface area contributed by atoms with Crippen LogP contribution in [0.15, 0.2) is 48.5 Å². The minimum absolute atomic E-state index is 0.134. The molecule has 2 aromatic carbocycles. The number of alkyl halides is 3. The fourth-order valence-electron chi connectivity index (χ4n) is 4.09. The van der Waals surface area contributed by atoms with E-state index in [1.807, 2.05) is 28.0 Å². The Balaban J connectivity index is 1.28. The van der Waals surface area contributed by atoms with Crippen molar-refractivity contribution in [1.29, 1.82) is 0 Å². The number of hydrogen-bond acceptors (Lipinski definition) is 3. The van der Waals surface area contributed by atoms with Gasteiger partial charge in [-0.1, -0.05) is 24.3 Å². The summed E-state index contributed by atoms with van der Waals surface area (Å²) >= 11 is 0. The first-order chi connectivity index (χ1) is 13.9. The smallest absolute Gasteiger partial charge is 0.369 e. The predicted molar refractivity (Wildman–Crippen MR) is 107 cm³/mol. The van der Waals surface area contributed by atoms with E-state index in [1.165, 1.54) is 17.7 Å². The lowest BCUT2D eigenvalue weighted by atomic mass is 10.1. The largest absolute Gasteiger partial charge is 0.416 e. The lowest BCUT2D eigenvalue weighted by Crippen LogP contribution is -2.47. The van der Waals surface area contributed by atoms with Crippen LogP contribution in [0.1, 0.15) is 17.5 Å². The zero-order valence-corrected chi connectivity index (χ0v) is 16.2. The Labute approximate surface area is 168 Å². The van der Waals surface area contributed by atoms with Gasteiger partial charge in [0.2, 0.25) is 5.91 Å². The lowest BCUT2D eigenvalue weighted by Gasteiger charge is -2.36. The number of benzene rings is 2. The molecule has 0 saturated carbocycles. The number of fused-ring (bicyclic) bond motifs is 1. The Morgan fingerprint density at radius 3 is 2.45 bits per heavy atom. The van der Waals surface area contributed by atoms with Crippen LogP contribution in [0.5, 0.6) is 0 Å². The second-order valence-electron chi connectivity index (χ2n) is 7.55. The highest BCUT2D eigenvalue weighted by molar-refractivity contribution is 5.95. The second-order valence-corrected chi connectivity index (χ2v) is 7.55. The normalized spacial score (nSPS) is 17.5. The Kier molecular flexibility index (Phi) is 5.50. The number of halogens is 3. The van der Waals surface area contributed by atoms with Gasteiger partial charge in [-0.25, -0.2) is 0 Å². The van der Waals surface area contributed by atoms with Crippen LogP contribution in [-0.4, -0.2) is 50.1 Å². The highest BCUT2D eigenvalue weighted by atomic mass is 19.4. The molecule has 2 aliphatic rings. The number of anilines is 2. The van der Waals surface area contributed by atoms with Gasteiger partial charge in [-0.3, -0.25) is 9.69 Å². The van der Waals surface area contributed by atoms with Crippen LogP contribution in [0.2, 0.25) is 0 Å².